The summed E-state index contributed by atoms with van der Waals surface area (Å²) in [6, 6.07) is 0. The number of methoxy groups -OCH3 is 1. The van der Waals surface area contributed by atoms with Crippen molar-refractivity contribution in [1.82, 2.24) is 9.55 Å². The maximum absolute atomic E-state index is 11.9. The summed E-state index contributed by atoms with van der Waals surface area (Å²) in [4.78, 5) is 4.47. The van der Waals surface area contributed by atoms with Crippen LogP contribution in [0.1, 0.15) is 65.2 Å². The van der Waals surface area contributed by atoms with Gasteiger partial charge in [0.15, 0.2) is 5.16 Å². The van der Waals surface area contributed by atoms with Crippen LogP contribution in [0.25, 0.3) is 0 Å². The van der Waals surface area contributed by atoms with Gasteiger partial charge in [0.25, 0.3) is 0 Å². The molecule has 4 nitrogen and oxygen atoms in total. The van der Waals surface area contributed by atoms with Gasteiger partial charge < -0.3 is 14.4 Å². The quantitative estimate of drug-likeness (QED) is 0.525. The van der Waals surface area contributed by atoms with Crippen LogP contribution in [0.2, 0.25) is 0 Å². The smallest absolute Gasteiger partial charge is 0.167 e. The van der Waals surface area contributed by atoms with E-state index in [2.05, 4.69) is 29.5 Å². The molecule has 1 heterocycles. The first-order valence-electron chi connectivity index (χ1n) is 11.9. The third kappa shape index (κ3) is 2.98. The van der Waals surface area contributed by atoms with Crippen molar-refractivity contribution in [3.63, 3.8) is 0 Å². The van der Waals surface area contributed by atoms with Gasteiger partial charge in [-0.05, 0) is 74.5 Å². The largest absolute Gasteiger partial charge is 0.388 e. The third-order valence-electron chi connectivity index (χ3n) is 9.91. The molecule has 7 atom stereocenters. The fourth-order valence-corrected chi connectivity index (χ4v) is 9.15. The van der Waals surface area contributed by atoms with Gasteiger partial charge in [-0.2, -0.15) is 0 Å². The average molecular weight is 431 g/mol. The summed E-state index contributed by atoms with van der Waals surface area (Å²) in [5, 5.41) is 12.9. The summed E-state index contributed by atoms with van der Waals surface area (Å²) in [7, 11) is 3.89. The normalized spacial score (nSPS) is 45.4. The van der Waals surface area contributed by atoms with Crippen molar-refractivity contribution >= 4 is 11.8 Å². The molecule has 0 radical (unpaired) electrons. The first kappa shape index (κ1) is 21.1. The van der Waals surface area contributed by atoms with Crippen LogP contribution in [0.15, 0.2) is 29.2 Å². The Morgan fingerprint density at radius 3 is 2.70 bits per heavy atom. The van der Waals surface area contributed by atoms with E-state index in [1.54, 1.807) is 17.3 Å². The zero-order valence-corrected chi connectivity index (χ0v) is 19.9. The first-order chi connectivity index (χ1) is 14.3. The van der Waals surface area contributed by atoms with E-state index < -0.39 is 5.60 Å². The molecule has 1 aromatic heterocycles. The molecule has 0 saturated heterocycles. The molecule has 0 unspecified atom stereocenters. The molecule has 5 heteroatoms. The molecule has 0 spiro atoms. The third-order valence-corrected chi connectivity index (χ3v) is 11.2. The van der Waals surface area contributed by atoms with E-state index in [9.17, 15) is 5.11 Å². The van der Waals surface area contributed by atoms with Gasteiger partial charge in [-0.15, -0.1) is 0 Å². The molecule has 1 aromatic rings. The van der Waals surface area contributed by atoms with Gasteiger partial charge in [0.2, 0.25) is 0 Å². The molecule has 166 valence electrons. The maximum atomic E-state index is 11.9. The Hall–Kier alpha value is -0.780. The second kappa shape index (κ2) is 7.38. The van der Waals surface area contributed by atoms with Crippen LogP contribution in [0, 0.1) is 28.6 Å². The van der Waals surface area contributed by atoms with Gasteiger partial charge in [-0.25, -0.2) is 4.98 Å². The van der Waals surface area contributed by atoms with Crippen LogP contribution >= 0.6 is 11.8 Å². The standard InChI is InChI=1S/C25H38N2O2S/c1-23-10-7-18(29-4)15-17(23)5-6-19-20(23)8-11-24(2)21(19)9-12-25(24,28)16-30-22-26-13-14-27(22)3/h13-15,18-21,28H,5-12,16H2,1-4H3/t18-,19-,20+,21+,23-,24-,25+/m0/s1. The summed E-state index contributed by atoms with van der Waals surface area (Å²) in [5.74, 6) is 2.96. The fourth-order valence-electron chi connectivity index (χ4n) is 7.90. The number of aliphatic hydroxyl groups is 1. The molecule has 5 rings (SSSR count). The van der Waals surface area contributed by atoms with E-state index in [4.69, 9.17) is 4.74 Å². The predicted molar refractivity (Wildman–Crippen MR) is 121 cm³/mol. The molecule has 0 aliphatic heterocycles. The van der Waals surface area contributed by atoms with Crippen molar-refractivity contribution in [3.05, 3.63) is 24.0 Å². The molecule has 0 amide bonds. The van der Waals surface area contributed by atoms with Crippen LogP contribution in [0.3, 0.4) is 0 Å². The molecule has 4 aliphatic carbocycles. The van der Waals surface area contributed by atoms with Crippen LogP contribution in [-0.2, 0) is 11.8 Å². The fraction of sp³-hybridized carbons (Fsp3) is 0.800. The highest BCUT2D eigenvalue weighted by molar-refractivity contribution is 7.99. The number of thioether (sulfide) groups is 1. The number of fused-ring (bicyclic) bond motifs is 5. The lowest BCUT2D eigenvalue weighted by atomic mass is 9.46. The lowest BCUT2D eigenvalue weighted by Crippen LogP contribution is -2.55. The predicted octanol–water partition coefficient (Wildman–Crippen LogP) is 5.22. The van der Waals surface area contributed by atoms with Gasteiger partial charge >= 0.3 is 0 Å². The molecular formula is C25H38N2O2S. The second-order valence-corrected chi connectivity index (χ2v) is 11.9. The van der Waals surface area contributed by atoms with Crippen LogP contribution < -0.4 is 0 Å². The topological polar surface area (TPSA) is 47.3 Å². The van der Waals surface area contributed by atoms with Gasteiger partial charge in [-0.1, -0.05) is 37.3 Å². The van der Waals surface area contributed by atoms with E-state index in [1.165, 1.54) is 32.1 Å². The maximum Gasteiger partial charge on any atom is 0.167 e. The van der Waals surface area contributed by atoms with Crippen molar-refractivity contribution in [2.75, 3.05) is 12.9 Å². The number of nitrogens with zero attached hydrogens (tertiary/aromatic N) is 2. The van der Waals surface area contributed by atoms with Gasteiger partial charge in [0, 0.05) is 37.7 Å². The minimum absolute atomic E-state index is 0.0354. The molecule has 3 saturated carbocycles. The highest BCUT2D eigenvalue weighted by atomic mass is 32.2. The van der Waals surface area contributed by atoms with Crippen molar-refractivity contribution < 1.29 is 9.84 Å². The van der Waals surface area contributed by atoms with E-state index in [0.29, 0.717) is 17.4 Å². The summed E-state index contributed by atoms with van der Waals surface area (Å²) < 4.78 is 7.74. The van der Waals surface area contributed by atoms with Crippen molar-refractivity contribution in [2.24, 2.45) is 35.6 Å². The highest BCUT2D eigenvalue weighted by Gasteiger charge is 2.63. The summed E-state index contributed by atoms with van der Waals surface area (Å²) in [5.41, 5.74) is 1.48. The number of hydrogen-bond acceptors (Lipinski definition) is 4. The van der Waals surface area contributed by atoms with E-state index >= 15 is 0 Å². The zero-order valence-electron chi connectivity index (χ0n) is 19.1. The Balaban J connectivity index is 1.37. The molecule has 1 N–H and O–H groups in total. The van der Waals surface area contributed by atoms with E-state index in [1.807, 2.05) is 26.6 Å². The minimum atomic E-state index is -0.579. The average Bonchev–Trinajstić information content (AvgIpc) is 3.26. The second-order valence-electron chi connectivity index (χ2n) is 11.0. The van der Waals surface area contributed by atoms with Crippen LogP contribution in [0.5, 0.6) is 0 Å². The van der Waals surface area contributed by atoms with E-state index in [0.717, 1.165) is 42.0 Å². The lowest BCUT2D eigenvalue weighted by molar-refractivity contribution is -0.116. The Kier molecular flexibility index (Phi) is 5.19. The Bertz CT molecular complexity index is 837. The molecule has 0 aromatic carbocycles. The number of hydrogen-bond donors (Lipinski definition) is 1. The summed E-state index contributed by atoms with van der Waals surface area (Å²) >= 11 is 1.73. The number of allylic oxidation sites excluding steroid dienone is 1. The van der Waals surface area contributed by atoms with Gasteiger partial charge in [-0.3, -0.25) is 0 Å². The Labute approximate surface area is 185 Å². The number of imidazole rings is 1. The van der Waals surface area contributed by atoms with Crippen molar-refractivity contribution in [1.29, 1.82) is 0 Å². The number of ether oxygens (including phenoxy) is 1. The minimum Gasteiger partial charge on any atom is -0.388 e. The van der Waals surface area contributed by atoms with Crippen LogP contribution in [0.4, 0.5) is 0 Å². The summed E-state index contributed by atoms with van der Waals surface area (Å²) in [6.45, 7) is 4.96. The molecule has 4 aliphatic rings. The van der Waals surface area contributed by atoms with Gasteiger partial charge in [0.1, 0.15) is 0 Å². The SMILES string of the molecule is CO[C@@H]1C=C2CC[C@H]3[C@@H](CC[C@@]4(C)[C@@H]3CC[C@@]4(O)CSc3nccn3C)[C@@]2(C)CC1. The number of rotatable bonds is 4. The Morgan fingerprint density at radius 1 is 1.17 bits per heavy atom. The van der Waals surface area contributed by atoms with E-state index in [-0.39, 0.29) is 5.41 Å². The zero-order chi connectivity index (χ0) is 21.1. The number of aromatic nitrogens is 2. The Morgan fingerprint density at radius 2 is 1.97 bits per heavy atom. The highest BCUT2D eigenvalue weighted by Crippen LogP contribution is 2.68. The van der Waals surface area contributed by atoms with Crippen molar-refractivity contribution in [2.45, 2.75) is 82.1 Å². The lowest BCUT2D eigenvalue weighted by Gasteiger charge is -2.59. The molecule has 3 fully saturated rings. The first-order valence-corrected chi connectivity index (χ1v) is 12.9. The number of aryl methyl sites for hydroxylation is 1. The summed E-state index contributed by atoms with van der Waals surface area (Å²) in [6.07, 6.45) is 16.1. The molecule has 30 heavy (non-hydrogen) atoms. The monoisotopic (exact) mass is 430 g/mol. The van der Waals surface area contributed by atoms with Crippen molar-refractivity contribution in [3.8, 4) is 0 Å². The molecular weight excluding hydrogens is 392 g/mol. The van der Waals surface area contributed by atoms with Crippen LogP contribution in [-0.4, -0.2) is 39.2 Å². The van der Waals surface area contributed by atoms with Gasteiger partial charge in [0.05, 0.1) is 11.7 Å². The molecule has 0 bridgehead atoms.